The second-order valence-electron chi connectivity index (χ2n) is 8.21. The number of hydrogen-bond donors (Lipinski definition) is 1. The summed E-state index contributed by atoms with van der Waals surface area (Å²) < 4.78 is 37.5. The van der Waals surface area contributed by atoms with Crippen molar-refractivity contribution < 1.29 is 13.5 Å². The van der Waals surface area contributed by atoms with Gasteiger partial charge in [0.2, 0.25) is 5.88 Å². The van der Waals surface area contributed by atoms with Gasteiger partial charge in [-0.3, -0.25) is 13.9 Å². The standard InChI is InChI=1S/C26H20ClF2N3O3/c27-17-10-6-12-19(29)23(17)21-14-35-25-22(16-9-4-5-11-18(16)28)24(33)31(26(34)32(21)25)13-20(30)15-7-2-1-3-8-15/h1-12,20-21H,13-14,30H2. The second-order valence-corrected chi connectivity index (χ2v) is 8.61. The first-order valence-electron chi connectivity index (χ1n) is 10.9. The number of ether oxygens (including phenoxy) is 1. The lowest BCUT2D eigenvalue weighted by molar-refractivity contribution is 0.340. The molecule has 2 atom stereocenters. The van der Waals surface area contributed by atoms with Gasteiger partial charge in [0.1, 0.15) is 29.8 Å². The number of nitrogens with zero attached hydrogens (tertiary/aromatic N) is 2. The average molecular weight is 496 g/mol. The summed E-state index contributed by atoms with van der Waals surface area (Å²) in [5.74, 6) is -1.43. The molecule has 0 radical (unpaired) electrons. The van der Waals surface area contributed by atoms with Crippen LogP contribution in [0.3, 0.4) is 0 Å². The zero-order valence-corrected chi connectivity index (χ0v) is 19.1. The number of rotatable bonds is 5. The molecule has 0 bridgehead atoms. The molecule has 6 nitrogen and oxygen atoms in total. The van der Waals surface area contributed by atoms with E-state index in [1.807, 2.05) is 6.07 Å². The Morgan fingerprint density at radius 1 is 0.971 bits per heavy atom. The van der Waals surface area contributed by atoms with Crippen LogP contribution in [-0.4, -0.2) is 15.7 Å². The van der Waals surface area contributed by atoms with Crippen molar-refractivity contribution in [3.8, 4) is 17.0 Å². The SMILES string of the molecule is NC(Cn1c(=O)c(-c2ccccc2F)c2n(c1=O)C(c1c(F)cccc1Cl)CO2)c1ccccc1. The van der Waals surface area contributed by atoms with Crippen molar-refractivity contribution in [2.24, 2.45) is 5.73 Å². The maximum atomic E-state index is 14.8. The molecule has 0 fully saturated rings. The van der Waals surface area contributed by atoms with Gasteiger partial charge in [0.25, 0.3) is 5.56 Å². The predicted molar refractivity (Wildman–Crippen MR) is 129 cm³/mol. The molecule has 9 heteroatoms. The van der Waals surface area contributed by atoms with E-state index in [1.54, 1.807) is 30.3 Å². The monoisotopic (exact) mass is 495 g/mol. The van der Waals surface area contributed by atoms with Gasteiger partial charge in [-0.2, -0.15) is 0 Å². The molecular weight excluding hydrogens is 476 g/mol. The fraction of sp³-hybridized carbons (Fsp3) is 0.154. The number of fused-ring (bicyclic) bond motifs is 1. The lowest BCUT2D eigenvalue weighted by Crippen LogP contribution is -2.43. The summed E-state index contributed by atoms with van der Waals surface area (Å²) in [6.07, 6.45) is 0. The molecule has 0 amide bonds. The van der Waals surface area contributed by atoms with Crippen molar-refractivity contribution in [2.75, 3.05) is 6.61 Å². The molecule has 4 aromatic rings. The molecule has 0 aliphatic carbocycles. The maximum Gasteiger partial charge on any atom is 0.334 e. The zero-order chi connectivity index (χ0) is 24.7. The lowest BCUT2D eigenvalue weighted by atomic mass is 10.0. The molecule has 0 spiro atoms. The summed E-state index contributed by atoms with van der Waals surface area (Å²) in [5, 5.41) is 0.101. The van der Waals surface area contributed by atoms with Crippen LogP contribution in [0.5, 0.6) is 5.88 Å². The van der Waals surface area contributed by atoms with Crippen LogP contribution in [0.4, 0.5) is 8.78 Å². The fourth-order valence-corrected chi connectivity index (χ4v) is 4.69. The molecule has 178 valence electrons. The number of hydrogen-bond acceptors (Lipinski definition) is 4. The van der Waals surface area contributed by atoms with Crippen molar-refractivity contribution in [3.05, 3.63) is 121 Å². The van der Waals surface area contributed by atoms with Crippen LogP contribution in [-0.2, 0) is 6.54 Å². The molecular formula is C26H20ClF2N3O3. The van der Waals surface area contributed by atoms with Gasteiger partial charge in [-0.05, 0) is 23.8 Å². The summed E-state index contributed by atoms with van der Waals surface area (Å²) in [6.45, 7) is -0.341. The second kappa shape index (κ2) is 9.13. The molecule has 5 rings (SSSR count). The third kappa shape index (κ3) is 3.94. The van der Waals surface area contributed by atoms with Crippen LogP contribution in [0.15, 0.2) is 82.4 Å². The predicted octanol–water partition coefficient (Wildman–Crippen LogP) is 4.29. The normalized spacial score (nSPS) is 15.5. The van der Waals surface area contributed by atoms with Crippen molar-refractivity contribution in [1.29, 1.82) is 0 Å². The Kier molecular flexibility index (Phi) is 6.00. The van der Waals surface area contributed by atoms with E-state index in [2.05, 4.69) is 0 Å². The van der Waals surface area contributed by atoms with Crippen LogP contribution in [0.1, 0.15) is 23.2 Å². The highest BCUT2D eigenvalue weighted by Gasteiger charge is 2.36. The molecule has 1 aliphatic heterocycles. The summed E-state index contributed by atoms with van der Waals surface area (Å²) in [4.78, 5) is 27.2. The van der Waals surface area contributed by atoms with E-state index in [4.69, 9.17) is 22.1 Å². The maximum absolute atomic E-state index is 14.8. The van der Waals surface area contributed by atoms with E-state index >= 15 is 0 Å². The first-order chi connectivity index (χ1) is 16.9. The van der Waals surface area contributed by atoms with Gasteiger partial charge >= 0.3 is 5.69 Å². The minimum atomic E-state index is -0.962. The van der Waals surface area contributed by atoms with Gasteiger partial charge in [0.15, 0.2) is 0 Å². The highest BCUT2D eigenvalue weighted by Crippen LogP contribution is 2.39. The molecule has 2 N–H and O–H groups in total. The summed E-state index contributed by atoms with van der Waals surface area (Å²) in [5.41, 5.74) is 5.40. The van der Waals surface area contributed by atoms with Gasteiger partial charge in [-0.15, -0.1) is 0 Å². The van der Waals surface area contributed by atoms with E-state index < -0.39 is 35.0 Å². The zero-order valence-electron chi connectivity index (χ0n) is 18.3. The first kappa shape index (κ1) is 23.0. The molecule has 1 aliphatic rings. The Labute approximate surface area is 203 Å². The fourth-order valence-electron chi connectivity index (χ4n) is 4.40. The third-order valence-corrected chi connectivity index (χ3v) is 6.43. The smallest absolute Gasteiger partial charge is 0.334 e. The van der Waals surface area contributed by atoms with Gasteiger partial charge in [0.05, 0.1) is 6.54 Å². The van der Waals surface area contributed by atoms with E-state index in [0.717, 1.165) is 9.13 Å². The first-order valence-corrected chi connectivity index (χ1v) is 11.3. The summed E-state index contributed by atoms with van der Waals surface area (Å²) >= 11 is 6.29. The van der Waals surface area contributed by atoms with E-state index in [0.29, 0.717) is 5.56 Å². The number of aromatic nitrogens is 2. The number of nitrogens with two attached hydrogens (primary N) is 1. The summed E-state index contributed by atoms with van der Waals surface area (Å²) in [7, 11) is 0. The molecule has 0 saturated carbocycles. The van der Waals surface area contributed by atoms with Crippen molar-refractivity contribution >= 4 is 11.6 Å². The van der Waals surface area contributed by atoms with Crippen LogP contribution < -0.4 is 21.7 Å². The van der Waals surface area contributed by atoms with Crippen molar-refractivity contribution in [3.63, 3.8) is 0 Å². The average Bonchev–Trinajstić information content (AvgIpc) is 3.28. The van der Waals surface area contributed by atoms with Gasteiger partial charge in [-0.1, -0.05) is 66.2 Å². The van der Waals surface area contributed by atoms with E-state index in [9.17, 15) is 18.4 Å². The largest absolute Gasteiger partial charge is 0.476 e. The number of halogens is 3. The van der Waals surface area contributed by atoms with Gasteiger partial charge in [-0.25, -0.2) is 13.6 Å². The van der Waals surface area contributed by atoms with Crippen LogP contribution in [0.25, 0.3) is 11.1 Å². The minimum absolute atomic E-state index is 0.0384. The molecule has 35 heavy (non-hydrogen) atoms. The quantitative estimate of drug-likeness (QED) is 0.448. The Morgan fingerprint density at radius 3 is 2.37 bits per heavy atom. The Hall–Kier alpha value is -3.75. The van der Waals surface area contributed by atoms with Crippen LogP contribution in [0, 0.1) is 11.6 Å². The molecule has 2 heterocycles. The van der Waals surface area contributed by atoms with Crippen molar-refractivity contribution in [2.45, 2.75) is 18.6 Å². The topological polar surface area (TPSA) is 79.2 Å². The van der Waals surface area contributed by atoms with E-state index in [1.165, 1.54) is 36.4 Å². The highest BCUT2D eigenvalue weighted by atomic mass is 35.5. The third-order valence-electron chi connectivity index (χ3n) is 6.10. The van der Waals surface area contributed by atoms with Gasteiger partial charge in [0, 0.05) is 22.2 Å². The lowest BCUT2D eigenvalue weighted by Gasteiger charge is -2.19. The number of benzene rings is 3. The Morgan fingerprint density at radius 2 is 1.66 bits per heavy atom. The van der Waals surface area contributed by atoms with Crippen LogP contribution >= 0.6 is 11.6 Å². The Balaban J connectivity index is 1.77. The van der Waals surface area contributed by atoms with Gasteiger partial charge < -0.3 is 10.5 Å². The molecule has 3 aromatic carbocycles. The van der Waals surface area contributed by atoms with E-state index in [-0.39, 0.29) is 40.7 Å². The molecule has 2 unspecified atom stereocenters. The van der Waals surface area contributed by atoms with Crippen molar-refractivity contribution in [1.82, 2.24) is 9.13 Å². The summed E-state index contributed by atoms with van der Waals surface area (Å²) in [6, 6.07) is 17.2. The molecule has 1 aromatic heterocycles. The van der Waals surface area contributed by atoms with Crippen LogP contribution in [0.2, 0.25) is 5.02 Å². The molecule has 0 saturated heterocycles. The minimum Gasteiger partial charge on any atom is -0.476 e. The Bertz CT molecular complexity index is 1520. The highest BCUT2D eigenvalue weighted by molar-refractivity contribution is 6.31.